The highest BCUT2D eigenvalue weighted by Gasteiger charge is 2.24. The molecule has 1 N–H and O–H groups in total. The SMILES string of the molecule is CC.CCOC(=O)c1c(O)c2sccc2n(CC2=CCC=C(OC)C=C2)c1=O. The first-order valence-electron chi connectivity index (χ1n) is 9.18. The van der Waals surface area contributed by atoms with Gasteiger partial charge in [0.1, 0.15) is 5.76 Å². The molecule has 2 heterocycles. The third-order valence-corrected chi connectivity index (χ3v) is 4.97. The predicted molar refractivity (Wildman–Crippen MR) is 112 cm³/mol. The number of nitrogens with zero attached hydrogens (tertiary/aromatic N) is 1. The van der Waals surface area contributed by atoms with Crippen molar-refractivity contribution in [1.82, 2.24) is 4.57 Å². The molecule has 6 nitrogen and oxygen atoms in total. The van der Waals surface area contributed by atoms with Crippen molar-refractivity contribution in [3.63, 3.8) is 0 Å². The molecule has 150 valence electrons. The third-order valence-electron chi connectivity index (χ3n) is 4.06. The zero-order chi connectivity index (χ0) is 20.7. The molecule has 0 atom stereocenters. The lowest BCUT2D eigenvalue weighted by molar-refractivity contribution is 0.0520. The van der Waals surface area contributed by atoms with Crippen LogP contribution in [-0.4, -0.2) is 29.4 Å². The second-order valence-corrected chi connectivity index (χ2v) is 6.55. The fourth-order valence-corrected chi connectivity index (χ4v) is 3.64. The Morgan fingerprint density at radius 3 is 2.71 bits per heavy atom. The van der Waals surface area contributed by atoms with Gasteiger partial charge in [-0.05, 0) is 42.5 Å². The van der Waals surface area contributed by atoms with Crippen molar-refractivity contribution in [3.05, 3.63) is 63.0 Å². The summed E-state index contributed by atoms with van der Waals surface area (Å²) >= 11 is 1.27. The zero-order valence-electron chi connectivity index (χ0n) is 16.5. The average Bonchev–Trinajstić information content (AvgIpc) is 3.08. The normalized spacial score (nSPS) is 13.1. The molecule has 1 aliphatic carbocycles. The highest BCUT2D eigenvalue weighted by atomic mass is 32.1. The van der Waals surface area contributed by atoms with Crippen LogP contribution in [0, 0.1) is 0 Å². The third kappa shape index (κ3) is 4.36. The van der Waals surface area contributed by atoms with E-state index in [-0.39, 0.29) is 24.5 Å². The molecule has 7 heteroatoms. The molecule has 1 aliphatic rings. The largest absolute Gasteiger partial charge is 0.505 e. The maximum Gasteiger partial charge on any atom is 0.347 e. The van der Waals surface area contributed by atoms with Gasteiger partial charge in [0.15, 0.2) is 11.3 Å². The van der Waals surface area contributed by atoms with E-state index >= 15 is 0 Å². The number of hydrogen-bond acceptors (Lipinski definition) is 6. The molecule has 0 spiro atoms. The summed E-state index contributed by atoms with van der Waals surface area (Å²) in [7, 11) is 1.60. The Labute approximate surface area is 168 Å². The number of allylic oxidation sites excluding steroid dienone is 5. The second-order valence-electron chi connectivity index (χ2n) is 5.63. The number of carbonyl (C=O) groups is 1. The van der Waals surface area contributed by atoms with Crippen LogP contribution < -0.4 is 5.56 Å². The Bertz CT molecular complexity index is 994. The standard InChI is InChI=1S/C19H19NO5S.C2H6/c1-3-25-19(23)15-16(21)17-14(9-10-26-17)20(18(15)22)11-12-5-4-6-13(24-2)8-7-12;1-2/h5-10,21H,3-4,11H2,1-2H3;1-2H3. The van der Waals surface area contributed by atoms with E-state index in [1.807, 2.05) is 38.2 Å². The van der Waals surface area contributed by atoms with Gasteiger partial charge in [0.2, 0.25) is 0 Å². The van der Waals surface area contributed by atoms with Crippen LogP contribution in [0.15, 0.2) is 51.9 Å². The number of aromatic nitrogens is 1. The minimum atomic E-state index is -0.812. The van der Waals surface area contributed by atoms with E-state index in [1.165, 1.54) is 15.9 Å². The van der Waals surface area contributed by atoms with Crippen molar-refractivity contribution < 1.29 is 19.4 Å². The summed E-state index contributed by atoms with van der Waals surface area (Å²) in [6, 6.07) is 1.76. The maximum atomic E-state index is 12.9. The zero-order valence-corrected chi connectivity index (χ0v) is 17.3. The summed E-state index contributed by atoms with van der Waals surface area (Å²) in [6.07, 6.45) is 8.32. The van der Waals surface area contributed by atoms with Gasteiger partial charge in [-0.2, -0.15) is 0 Å². The fraction of sp³-hybridized carbons (Fsp3) is 0.333. The predicted octanol–water partition coefficient (Wildman–Crippen LogP) is 4.39. The average molecular weight is 404 g/mol. The lowest BCUT2D eigenvalue weighted by atomic mass is 10.2. The van der Waals surface area contributed by atoms with Crippen LogP contribution in [0.4, 0.5) is 0 Å². The molecule has 28 heavy (non-hydrogen) atoms. The van der Waals surface area contributed by atoms with Gasteiger partial charge in [-0.15, -0.1) is 11.3 Å². The first kappa shape index (κ1) is 21.5. The Kier molecular flexibility index (Phi) is 7.63. The number of ether oxygens (including phenoxy) is 2. The highest BCUT2D eigenvalue weighted by molar-refractivity contribution is 7.17. The number of esters is 1. The summed E-state index contributed by atoms with van der Waals surface area (Å²) in [5, 5.41) is 12.2. The van der Waals surface area contributed by atoms with E-state index < -0.39 is 11.5 Å². The summed E-state index contributed by atoms with van der Waals surface area (Å²) in [5.74, 6) is -0.376. The number of pyridine rings is 1. The van der Waals surface area contributed by atoms with Crippen LogP contribution in [-0.2, 0) is 16.0 Å². The van der Waals surface area contributed by atoms with Crippen molar-refractivity contribution in [3.8, 4) is 5.75 Å². The number of aromatic hydroxyl groups is 1. The number of methoxy groups -OCH3 is 1. The summed E-state index contributed by atoms with van der Waals surface area (Å²) < 4.78 is 12.2. The van der Waals surface area contributed by atoms with Crippen LogP contribution in [0.2, 0.25) is 0 Å². The molecule has 0 saturated heterocycles. The molecular formula is C21H25NO5S. The highest BCUT2D eigenvalue weighted by Crippen LogP contribution is 2.32. The Balaban J connectivity index is 0.00000136. The van der Waals surface area contributed by atoms with Gasteiger partial charge >= 0.3 is 5.97 Å². The molecule has 0 saturated carbocycles. The molecule has 2 aromatic rings. The molecule has 3 rings (SSSR count). The van der Waals surface area contributed by atoms with Crippen LogP contribution in [0.5, 0.6) is 5.75 Å². The van der Waals surface area contributed by atoms with Crippen LogP contribution >= 0.6 is 11.3 Å². The lowest BCUT2D eigenvalue weighted by Gasteiger charge is -2.12. The second kappa shape index (κ2) is 9.94. The van der Waals surface area contributed by atoms with Gasteiger partial charge in [0.05, 0.1) is 30.5 Å². The minimum absolute atomic E-state index is 0.125. The van der Waals surface area contributed by atoms with E-state index in [9.17, 15) is 14.7 Å². The van der Waals surface area contributed by atoms with Crippen molar-refractivity contribution >= 4 is 27.5 Å². The van der Waals surface area contributed by atoms with Gasteiger partial charge in [-0.25, -0.2) is 4.79 Å². The fourth-order valence-electron chi connectivity index (χ4n) is 2.80. The molecule has 0 fully saturated rings. The maximum absolute atomic E-state index is 12.9. The van der Waals surface area contributed by atoms with Crippen molar-refractivity contribution in [2.75, 3.05) is 13.7 Å². The van der Waals surface area contributed by atoms with Gasteiger partial charge in [-0.1, -0.05) is 26.0 Å². The molecule has 0 radical (unpaired) electrons. The number of fused-ring (bicyclic) bond motifs is 1. The molecule has 2 aromatic heterocycles. The first-order valence-corrected chi connectivity index (χ1v) is 10.1. The topological polar surface area (TPSA) is 77.8 Å². The lowest BCUT2D eigenvalue weighted by Crippen LogP contribution is -2.28. The van der Waals surface area contributed by atoms with Crippen molar-refractivity contribution in [2.24, 2.45) is 0 Å². The molecule has 0 aromatic carbocycles. The number of hydrogen-bond donors (Lipinski definition) is 1. The molecule has 0 aliphatic heterocycles. The number of carbonyl (C=O) groups excluding carboxylic acids is 1. The monoisotopic (exact) mass is 403 g/mol. The van der Waals surface area contributed by atoms with Gasteiger partial charge in [0, 0.05) is 0 Å². The summed E-state index contributed by atoms with van der Waals surface area (Å²) in [4.78, 5) is 25.1. The minimum Gasteiger partial charge on any atom is -0.505 e. The molecule has 0 unspecified atom stereocenters. The van der Waals surface area contributed by atoms with E-state index in [0.717, 1.165) is 11.3 Å². The molecule has 0 amide bonds. The smallest absolute Gasteiger partial charge is 0.347 e. The van der Waals surface area contributed by atoms with E-state index in [1.54, 1.807) is 25.5 Å². The van der Waals surface area contributed by atoms with Crippen molar-refractivity contribution in [2.45, 2.75) is 33.7 Å². The quantitative estimate of drug-likeness (QED) is 0.749. The number of thiophene rings is 1. The Morgan fingerprint density at radius 1 is 1.29 bits per heavy atom. The summed E-state index contributed by atoms with van der Waals surface area (Å²) in [6.45, 7) is 6.05. The molecule has 0 bridgehead atoms. The first-order chi connectivity index (χ1) is 13.6. The summed E-state index contributed by atoms with van der Waals surface area (Å²) in [5.41, 5.74) is 0.605. The Hall–Kier alpha value is -2.80. The van der Waals surface area contributed by atoms with E-state index in [2.05, 4.69) is 0 Å². The van der Waals surface area contributed by atoms with E-state index in [4.69, 9.17) is 9.47 Å². The van der Waals surface area contributed by atoms with E-state index in [0.29, 0.717) is 16.6 Å². The van der Waals surface area contributed by atoms with Crippen molar-refractivity contribution in [1.29, 1.82) is 0 Å². The van der Waals surface area contributed by atoms with Crippen LogP contribution in [0.25, 0.3) is 10.2 Å². The Morgan fingerprint density at radius 2 is 2.04 bits per heavy atom. The van der Waals surface area contributed by atoms with Crippen LogP contribution in [0.1, 0.15) is 37.6 Å². The van der Waals surface area contributed by atoms with Gasteiger partial charge in [0.25, 0.3) is 5.56 Å². The number of rotatable bonds is 5. The van der Waals surface area contributed by atoms with Gasteiger partial charge < -0.3 is 19.1 Å². The molecular weight excluding hydrogens is 378 g/mol. The van der Waals surface area contributed by atoms with Gasteiger partial charge in [-0.3, -0.25) is 4.79 Å². The van der Waals surface area contributed by atoms with Crippen LogP contribution in [0.3, 0.4) is 0 Å².